The summed E-state index contributed by atoms with van der Waals surface area (Å²) in [5.41, 5.74) is 5.68. The first-order chi connectivity index (χ1) is 16.0. The Balaban J connectivity index is 1.47. The zero-order valence-electron chi connectivity index (χ0n) is 18.3. The Morgan fingerprint density at radius 1 is 1.06 bits per heavy atom. The van der Waals surface area contributed by atoms with Gasteiger partial charge in [0.05, 0.1) is 0 Å². The van der Waals surface area contributed by atoms with Crippen LogP contribution in [0.5, 0.6) is 0 Å². The number of hydrogen-bond donors (Lipinski definition) is 1. The maximum Gasteiger partial charge on any atom is 0.279 e. The van der Waals surface area contributed by atoms with Gasteiger partial charge in [-0.3, -0.25) is 4.79 Å². The van der Waals surface area contributed by atoms with Crippen molar-refractivity contribution < 1.29 is 4.42 Å². The number of imidazole rings is 1. The van der Waals surface area contributed by atoms with E-state index in [1.165, 1.54) is 6.39 Å². The van der Waals surface area contributed by atoms with E-state index >= 15 is 0 Å². The van der Waals surface area contributed by atoms with Crippen LogP contribution in [0.3, 0.4) is 0 Å². The highest BCUT2D eigenvalue weighted by Gasteiger charge is 2.17. The number of nitrogens with one attached hydrogen (secondary N) is 1. The van der Waals surface area contributed by atoms with Gasteiger partial charge in [0.25, 0.3) is 5.56 Å². The zero-order chi connectivity index (χ0) is 22.9. The minimum atomic E-state index is -0.232. The maximum absolute atomic E-state index is 12.8. The summed E-state index contributed by atoms with van der Waals surface area (Å²) >= 11 is 6.03. The fraction of sp³-hybridized carbons (Fsp3) is 0.200. The molecule has 3 aromatic heterocycles. The molecule has 0 aliphatic heterocycles. The second-order valence-electron chi connectivity index (χ2n) is 7.95. The molecular formula is C25H22ClN5O2. The van der Waals surface area contributed by atoms with Gasteiger partial charge in [-0.05, 0) is 62.2 Å². The number of aryl methyl sites for hydroxylation is 4. The van der Waals surface area contributed by atoms with Crippen LogP contribution in [0.2, 0.25) is 5.02 Å². The van der Waals surface area contributed by atoms with E-state index in [-0.39, 0.29) is 5.56 Å². The van der Waals surface area contributed by atoms with Gasteiger partial charge in [-0.25, -0.2) is 15.0 Å². The number of oxazole rings is 1. The molecule has 8 heteroatoms. The molecule has 0 aliphatic carbocycles. The molecule has 0 saturated heterocycles. The molecule has 0 radical (unpaired) electrons. The standard InChI is InChI=1S/C25H22ClN5O2/c1-3-31-23(17-5-7-19(26)8-6-17)30-22-24(31)28-21(29-25(22)32)9-4-16-10-15(2)11-18(12-16)20-13-33-14-27-20/h5-8,10-14H,3-4,9H2,1-2H3,(H,28,29,32). The van der Waals surface area contributed by atoms with Gasteiger partial charge in [0.15, 0.2) is 17.6 Å². The lowest BCUT2D eigenvalue weighted by atomic mass is 10.0. The molecule has 0 spiro atoms. The summed E-state index contributed by atoms with van der Waals surface area (Å²) in [6.45, 7) is 4.71. The van der Waals surface area contributed by atoms with Crippen LogP contribution in [0.15, 0.2) is 64.3 Å². The van der Waals surface area contributed by atoms with Crippen molar-refractivity contribution in [2.75, 3.05) is 0 Å². The average Bonchev–Trinajstić information content (AvgIpc) is 3.46. The SMILES string of the molecule is CCn1c(-c2ccc(Cl)cc2)nc2c(=O)[nH]c(CCc3cc(C)cc(-c4cocn4)c3)nc21. The van der Waals surface area contributed by atoms with Crippen molar-refractivity contribution in [1.82, 2.24) is 24.5 Å². The van der Waals surface area contributed by atoms with E-state index in [4.69, 9.17) is 21.0 Å². The lowest BCUT2D eigenvalue weighted by Gasteiger charge is -2.08. The van der Waals surface area contributed by atoms with Crippen molar-refractivity contribution in [1.29, 1.82) is 0 Å². The van der Waals surface area contributed by atoms with E-state index in [0.29, 0.717) is 40.8 Å². The van der Waals surface area contributed by atoms with Crippen LogP contribution in [0.4, 0.5) is 0 Å². The molecule has 3 heterocycles. The molecule has 0 bridgehead atoms. The predicted molar refractivity (Wildman–Crippen MR) is 128 cm³/mol. The fourth-order valence-corrected chi connectivity index (χ4v) is 4.19. The summed E-state index contributed by atoms with van der Waals surface area (Å²) < 4.78 is 7.08. The van der Waals surface area contributed by atoms with Gasteiger partial charge >= 0.3 is 0 Å². The molecule has 0 amide bonds. The van der Waals surface area contributed by atoms with Crippen molar-refractivity contribution in [3.05, 3.63) is 87.4 Å². The van der Waals surface area contributed by atoms with E-state index < -0.39 is 0 Å². The van der Waals surface area contributed by atoms with Gasteiger partial charge in [-0.2, -0.15) is 0 Å². The molecule has 0 aliphatic rings. The van der Waals surface area contributed by atoms with E-state index in [1.807, 2.05) is 35.8 Å². The minimum absolute atomic E-state index is 0.232. The molecule has 33 heavy (non-hydrogen) atoms. The Hall–Kier alpha value is -3.71. The van der Waals surface area contributed by atoms with Crippen LogP contribution < -0.4 is 5.56 Å². The van der Waals surface area contributed by atoms with Gasteiger partial charge in [-0.15, -0.1) is 0 Å². The maximum atomic E-state index is 12.8. The molecule has 0 unspecified atom stereocenters. The van der Waals surface area contributed by atoms with Crippen LogP contribution >= 0.6 is 11.6 Å². The van der Waals surface area contributed by atoms with Crippen molar-refractivity contribution >= 4 is 22.8 Å². The Kier molecular flexibility index (Phi) is 5.56. The highest BCUT2D eigenvalue weighted by molar-refractivity contribution is 6.30. The number of rotatable bonds is 6. The summed E-state index contributed by atoms with van der Waals surface area (Å²) in [6, 6.07) is 13.7. The number of aromatic nitrogens is 5. The van der Waals surface area contributed by atoms with Crippen LogP contribution in [0, 0.1) is 6.92 Å². The van der Waals surface area contributed by atoms with Crippen molar-refractivity contribution in [2.24, 2.45) is 0 Å². The lowest BCUT2D eigenvalue weighted by molar-refractivity contribution is 0.558. The summed E-state index contributed by atoms with van der Waals surface area (Å²) in [4.78, 5) is 29.3. The van der Waals surface area contributed by atoms with Crippen molar-refractivity contribution in [3.63, 3.8) is 0 Å². The third-order valence-electron chi connectivity index (χ3n) is 5.59. The fourth-order valence-electron chi connectivity index (χ4n) is 4.07. The smallest absolute Gasteiger partial charge is 0.279 e. The summed E-state index contributed by atoms with van der Waals surface area (Å²) in [6.07, 6.45) is 4.38. The Morgan fingerprint density at radius 3 is 2.61 bits per heavy atom. The Bertz CT molecular complexity index is 1480. The quantitative estimate of drug-likeness (QED) is 0.376. The third-order valence-corrected chi connectivity index (χ3v) is 5.84. The molecule has 5 aromatic rings. The first-order valence-electron chi connectivity index (χ1n) is 10.8. The van der Waals surface area contributed by atoms with Gasteiger partial charge in [0, 0.05) is 29.1 Å². The minimum Gasteiger partial charge on any atom is -0.451 e. The monoisotopic (exact) mass is 459 g/mol. The van der Waals surface area contributed by atoms with Crippen molar-refractivity contribution in [2.45, 2.75) is 33.2 Å². The van der Waals surface area contributed by atoms with E-state index in [1.54, 1.807) is 6.26 Å². The number of hydrogen-bond acceptors (Lipinski definition) is 5. The molecule has 7 nitrogen and oxygen atoms in total. The van der Waals surface area contributed by atoms with Crippen LogP contribution in [-0.4, -0.2) is 24.5 Å². The van der Waals surface area contributed by atoms with Crippen LogP contribution in [0.1, 0.15) is 23.9 Å². The largest absolute Gasteiger partial charge is 0.451 e. The van der Waals surface area contributed by atoms with Crippen LogP contribution in [0.25, 0.3) is 33.8 Å². The molecular weight excluding hydrogens is 438 g/mol. The average molecular weight is 460 g/mol. The van der Waals surface area contributed by atoms with Gasteiger partial charge < -0.3 is 14.0 Å². The molecule has 0 saturated carbocycles. The summed E-state index contributed by atoms with van der Waals surface area (Å²) in [7, 11) is 0. The van der Waals surface area contributed by atoms with Crippen LogP contribution in [-0.2, 0) is 19.4 Å². The Labute approximate surface area is 195 Å². The highest BCUT2D eigenvalue weighted by atomic mass is 35.5. The topological polar surface area (TPSA) is 89.6 Å². The number of halogens is 1. The van der Waals surface area contributed by atoms with Gasteiger partial charge in [-0.1, -0.05) is 23.2 Å². The van der Waals surface area contributed by atoms with E-state index in [0.717, 1.165) is 34.4 Å². The molecule has 1 N–H and O–H groups in total. The second-order valence-corrected chi connectivity index (χ2v) is 8.39. The van der Waals surface area contributed by atoms with Gasteiger partial charge in [0.1, 0.15) is 23.6 Å². The van der Waals surface area contributed by atoms with E-state index in [2.05, 4.69) is 40.1 Å². The normalized spacial score (nSPS) is 11.4. The second kappa shape index (κ2) is 8.67. The molecule has 5 rings (SSSR count). The number of H-pyrrole nitrogens is 1. The molecule has 2 aromatic carbocycles. The number of fused-ring (bicyclic) bond motifs is 1. The first kappa shape index (κ1) is 21.2. The number of aromatic amines is 1. The first-order valence-corrected chi connectivity index (χ1v) is 11.1. The van der Waals surface area contributed by atoms with Crippen molar-refractivity contribution in [3.8, 4) is 22.6 Å². The number of nitrogens with zero attached hydrogens (tertiary/aromatic N) is 4. The predicted octanol–water partition coefficient (Wildman–Crippen LogP) is 5.21. The van der Waals surface area contributed by atoms with Gasteiger partial charge in [0.2, 0.25) is 0 Å². The Morgan fingerprint density at radius 2 is 1.88 bits per heavy atom. The molecule has 0 atom stereocenters. The van der Waals surface area contributed by atoms with E-state index in [9.17, 15) is 4.79 Å². The zero-order valence-corrected chi connectivity index (χ0v) is 19.1. The lowest BCUT2D eigenvalue weighted by Crippen LogP contribution is -2.13. The highest BCUT2D eigenvalue weighted by Crippen LogP contribution is 2.25. The molecule has 0 fully saturated rings. The molecule has 166 valence electrons. The summed E-state index contributed by atoms with van der Waals surface area (Å²) in [5.74, 6) is 1.34. The third kappa shape index (κ3) is 4.19. The summed E-state index contributed by atoms with van der Waals surface area (Å²) in [5, 5.41) is 0.652. The number of benzene rings is 2.